The first-order valence-corrected chi connectivity index (χ1v) is 4.72. The van der Waals surface area contributed by atoms with Gasteiger partial charge in [-0.3, -0.25) is 0 Å². The van der Waals surface area contributed by atoms with Crippen LogP contribution in [0.4, 0.5) is 0 Å². The van der Waals surface area contributed by atoms with Gasteiger partial charge in [0.2, 0.25) is 0 Å². The number of rotatable bonds is 4. The Morgan fingerprint density at radius 2 is 2.00 bits per heavy atom. The van der Waals surface area contributed by atoms with Crippen molar-refractivity contribution in [2.75, 3.05) is 0 Å². The molecule has 0 spiro atoms. The highest BCUT2D eigenvalue weighted by Gasteiger charge is 1.94. The molecular weight excluding hydrogens is 160 g/mol. The van der Waals surface area contributed by atoms with E-state index in [2.05, 4.69) is 12.1 Å². The molecule has 1 rings (SSSR count). The van der Waals surface area contributed by atoms with Crippen LogP contribution in [-0.2, 0) is 0 Å². The summed E-state index contributed by atoms with van der Waals surface area (Å²) in [4.78, 5) is 0. The fourth-order valence-corrected chi connectivity index (χ4v) is 1.09. The average Bonchev–Trinajstić information content (AvgIpc) is 2.19. The second kappa shape index (κ2) is 5.55. The second-order valence-electron chi connectivity index (χ2n) is 3.11. The van der Waals surface area contributed by atoms with Crippen LogP contribution >= 0.6 is 0 Å². The topological polar surface area (TPSA) is 20.2 Å². The minimum absolute atomic E-state index is 0.194. The molecule has 0 saturated carbocycles. The van der Waals surface area contributed by atoms with Crippen molar-refractivity contribution in [2.24, 2.45) is 0 Å². The molecule has 1 aromatic carbocycles. The third-order valence-corrected chi connectivity index (χ3v) is 1.99. The normalized spacial score (nSPS) is 13.4. The van der Waals surface area contributed by atoms with Gasteiger partial charge in [0.05, 0.1) is 6.10 Å². The highest BCUT2D eigenvalue weighted by Crippen LogP contribution is 2.04. The molecular formula is C12H16O. The number of aliphatic hydroxyl groups excluding tert-OH is 1. The summed E-state index contributed by atoms with van der Waals surface area (Å²) in [6, 6.07) is 10.1. The van der Waals surface area contributed by atoms with Gasteiger partial charge in [-0.1, -0.05) is 49.4 Å². The average molecular weight is 176 g/mol. The fraction of sp³-hybridized carbons (Fsp3) is 0.333. The fourth-order valence-electron chi connectivity index (χ4n) is 1.09. The van der Waals surface area contributed by atoms with Gasteiger partial charge in [-0.25, -0.2) is 0 Å². The van der Waals surface area contributed by atoms with E-state index in [9.17, 15) is 5.11 Å². The minimum atomic E-state index is -0.194. The van der Waals surface area contributed by atoms with Crippen LogP contribution in [0, 0.1) is 0 Å². The van der Waals surface area contributed by atoms with Crippen LogP contribution in [0.25, 0.3) is 6.08 Å². The Balaban J connectivity index is 2.41. The van der Waals surface area contributed by atoms with Crippen LogP contribution in [0.5, 0.6) is 0 Å². The lowest BCUT2D eigenvalue weighted by Crippen LogP contribution is -2.00. The first-order valence-electron chi connectivity index (χ1n) is 4.72. The molecule has 0 aromatic heterocycles. The van der Waals surface area contributed by atoms with E-state index in [1.54, 1.807) is 0 Å². The lowest BCUT2D eigenvalue weighted by Gasteiger charge is -2.01. The zero-order valence-electron chi connectivity index (χ0n) is 7.98. The van der Waals surface area contributed by atoms with Crippen LogP contribution in [0.2, 0.25) is 0 Å². The van der Waals surface area contributed by atoms with Gasteiger partial charge in [0.1, 0.15) is 0 Å². The number of benzene rings is 1. The highest BCUT2D eigenvalue weighted by molar-refractivity contribution is 5.48. The molecule has 1 nitrogen and oxygen atoms in total. The molecule has 70 valence electrons. The third kappa shape index (κ3) is 3.90. The second-order valence-corrected chi connectivity index (χ2v) is 3.11. The molecule has 1 aromatic rings. The largest absolute Gasteiger partial charge is 0.393 e. The van der Waals surface area contributed by atoms with E-state index in [-0.39, 0.29) is 6.10 Å². The lowest BCUT2D eigenvalue weighted by molar-refractivity contribution is 0.174. The standard InChI is InChI=1S/C12H16O/c1-2-12(13)10-6-9-11-7-4-3-5-8-11/h3-9,12-13H,2,10H2,1H3/b9-6-. The maximum absolute atomic E-state index is 9.28. The van der Waals surface area contributed by atoms with Gasteiger partial charge in [-0.2, -0.15) is 0 Å². The molecule has 0 saturated heterocycles. The maximum Gasteiger partial charge on any atom is 0.0572 e. The van der Waals surface area contributed by atoms with Crippen LogP contribution in [0.15, 0.2) is 36.4 Å². The van der Waals surface area contributed by atoms with Gasteiger partial charge in [-0.05, 0) is 18.4 Å². The monoisotopic (exact) mass is 176 g/mol. The van der Waals surface area contributed by atoms with Gasteiger partial charge in [0.15, 0.2) is 0 Å². The van der Waals surface area contributed by atoms with Gasteiger partial charge < -0.3 is 5.11 Å². The van der Waals surface area contributed by atoms with Gasteiger partial charge in [-0.15, -0.1) is 0 Å². The predicted octanol–water partition coefficient (Wildman–Crippen LogP) is 2.86. The van der Waals surface area contributed by atoms with Crippen molar-refractivity contribution in [2.45, 2.75) is 25.9 Å². The molecule has 0 aliphatic carbocycles. The van der Waals surface area contributed by atoms with Gasteiger partial charge in [0.25, 0.3) is 0 Å². The lowest BCUT2D eigenvalue weighted by atomic mass is 10.1. The molecule has 1 N–H and O–H groups in total. The molecule has 0 bridgehead atoms. The Morgan fingerprint density at radius 3 is 2.62 bits per heavy atom. The Kier molecular flexibility index (Phi) is 4.27. The molecule has 13 heavy (non-hydrogen) atoms. The number of hydrogen-bond donors (Lipinski definition) is 1. The summed E-state index contributed by atoms with van der Waals surface area (Å²) in [6.07, 6.45) is 5.42. The van der Waals surface area contributed by atoms with E-state index in [0.717, 1.165) is 12.8 Å². The molecule has 1 unspecified atom stereocenters. The SMILES string of the molecule is CCC(O)C/C=C\c1ccccc1. The molecule has 0 heterocycles. The van der Waals surface area contributed by atoms with Crippen molar-refractivity contribution in [3.8, 4) is 0 Å². The summed E-state index contributed by atoms with van der Waals surface area (Å²) in [5.74, 6) is 0. The van der Waals surface area contributed by atoms with Crippen LogP contribution in [0.3, 0.4) is 0 Å². The quantitative estimate of drug-likeness (QED) is 0.748. The zero-order valence-corrected chi connectivity index (χ0v) is 7.98. The Labute approximate surface area is 79.7 Å². The third-order valence-electron chi connectivity index (χ3n) is 1.99. The number of hydrogen-bond acceptors (Lipinski definition) is 1. The highest BCUT2D eigenvalue weighted by atomic mass is 16.3. The van der Waals surface area contributed by atoms with Crippen molar-refractivity contribution in [3.05, 3.63) is 42.0 Å². The van der Waals surface area contributed by atoms with Gasteiger partial charge >= 0.3 is 0 Å². The molecule has 1 atom stereocenters. The van der Waals surface area contributed by atoms with Crippen molar-refractivity contribution >= 4 is 6.08 Å². The molecule has 0 radical (unpaired) electrons. The summed E-state index contributed by atoms with van der Waals surface area (Å²) >= 11 is 0. The molecule has 0 aliphatic rings. The van der Waals surface area contributed by atoms with Gasteiger partial charge in [0, 0.05) is 0 Å². The summed E-state index contributed by atoms with van der Waals surface area (Å²) in [5, 5.41) is 9.28. The summed E-state index contributed by atoms with van der Waals surface area (Å²) < 4.78 is 0. The summed E-state index contributed by atoms with van der Waals surface area (Å²) in [7, 11) is 0. The first kappa shape index (κ1) is 10.0. The van der Waals surface area contributed by atoms with Crippen LogP contribution in [0.1, 0.15) is 25.3 Å². The number of aliphatic hydroxyl groups is 1. The molecule has 0 amide bonds. The molecule has 1 heteroatoms. The van der Waals surface area contributed by atoms with Crippen molar-refractivity contribution in [1.29, 1.82) is 0 Å². The maximum atomic E-state index is 9.28. The summed E-state index contributed by atoms with van der Waals surface area (Å²) in [6.45, 7) is 1.99. The predicted molar refractivity (Wildman–Crippen MR) is 56.4 cm³/mol. The van der Waals surface area contributed by atoms with Crippen molar-refractivity contribution < 1.29 is 5.11 Å². The van der Waals surface area contributed by atoms with E-state index in [1.165, 1.54) is 5.56 Å². The van der Waals surface area contributed by atoms with Crippen molar-refractivity contribution in [3.63, 3.8) is 0 Å². The zero-order chi connectivity index (χ0) is 9.52. The first-order chi connectivity index (χ1) is 6.33. The van der Waals surface area contributed by atoms with Crippen LogP contribution in [-0.4, -0.2) is 11.2 Å². The van der Waals surface area contributed by atoms with Crippen molar-refractivity contribution in [1.82, 2.24) is 0 Å². The van der Waals surface area contributed by atoms with E-state index in [4.69, 9.17) is 0 Å². The summed E-state index contributed by atoms with van der Waals surface area (Å²) in [5.41, 5.74) is 1.19. The smallest absolute Gasteiger partial charge is 0.0572 e. The van der Waals surface area contributed by atoms with E-state index >= 15 is 0 Å². The van der Waals surface area contributed by atoms with E-state index < -0.39 is 0 Å². The van der Waals surface area contributed by atoms with E-state index in [1.807, 2.05) is 37.3 Å². The Bertz CT molecular complexity index is 251. The Morgan fingerprint density at radius 1 is 1.31 bits per heavy atom. The van der Waals surface area contributed by atoms with Crippen LogP contribution < -0.4 is 0 Å². The minimum Gasteiger partial charge on any atom is -0.393 e. The molecule has 0 aliphatic heterocycles. The Hall–Kier alpha value is -1.08. The molecule has 0 fully saturated rings. The van der Waals surface area contributed by atoms with E-state index in [0.29, 0.717) is 0 Å².